The molecule has 1 heteroatoms. The topological polar surface area (TPSA) is 20.2 Å². The van der Waals surface area contributed by atoms with Crippen LogP contribution in [0.2, 0.25) is 0 Å². The van der Waals surface area contributed by atoms with Crippen molar-refractivity contribution in [2.75, 3.05) is 0 Å². The highest BCUT2D eigenvalue weighted by Crippen LogP contribution is 2.38. The number of hydrogen-bond acceptors (Lipinski definition) is 1. The Morgan fingerprint density at radius 1 is 1.11 bits per heavy atom. The van der Waals surface area contributed by atoms with Crippen LogP contribution in [0.3, 0.4) is 0 Å². The van der Waals surface area contributed by atoms with Crippen LogP contribution in [0.4, 0.5) is 0 Å². The van der Waals surface area contributed by atoms with Gasteiger partial charge in [-0.1, -0.05) is 48.5 Å². The van der Waals surface area contributed by atoms with Crippen molar-refractivity contribution in [2.45, 2.75) is 38.2 Å². The van der Waals surface area contributed by atoms with E-state index in [1.165, 1.54) is 22.3 Å². The Bertz CT molecular complexity index is 573. The van der Waals surface area contributed by atoms with Crippen LogP contribution in [0.15, 0.2) is 48.5 Å². The number of fused-ring (bicyclic) bond motifs is 1. The highest BCUT2D eigenvalue weighted by molar-refractivity contribution is 5.40. The van der Waals surface area contributed by atoms with E-state index in [-0.39, 0.29) is 6.10 Å². The number of hydrogen-bond donors (Lipinski definition) is 1. The zero-order valence-corrected chi connectivity index (χ0v) is 11.3. The number of aliphatic hydroxyl groups excluding tert-OH is 1. The first kappa shape index (κ1) is 12.4. The molecule has 2 atom stereocenters. The average molecular weight is 252 g/mol. The van der Waals surface area contributed by atoms with Crippen molar-refractivity contribution in [3.05, 3.63) is 70.8 Å². The van der Waals surface area contributed by atoms with Crippen LogP contribution in [-0.2, 0) is 12.8 Å². The summed E-state index contributed by atoms with van der Waals surface area (Å²) in [4.78, 5) is 0. The summed E-state index contributed by atoms with van der Waals surface area (Å²) in [5.41, 5.74) is 5.43. The molecular weight excluding hydrogens is 232 g/mol. The van der Waals surface area contributed by atoms with Gasteiger partial charge in [0.25, 0.3) is 0 Å². The Morgan fingerprint density at radius 2 is 1.84 bits per heavy atom. The van der Waals surface area contributed by atoms with Crippen LogP contribution in [0.1, 0.15) is 34.6 Å². The van der Waals surface area contributed by atoms with Gasteiger partial charge < -0.3 is 5.11 Å². The van der Waals surface area contributed by atoms with Crippen molar-refractivity contribution in [3.8, 4) is 0 Å². The zero-order valence-electron chi connectivity index (χ0n) is 11.3. The second kappa shape index (κ2) is 5.18. The molecule has 3 rings (SSSR count). The summed E-state index contributed by atoms with van der Waals surface area (Å²) in [5.74, 6) is 0.551. The van der Waals surface area contributed by atoms with E-state index in [1.807, 2.05) is 12.1 Å². The second-order valence-electron chi connectivity index (χ2n) is 5.62. The molecule has 1 aliphatic rings. The van der Waals surface area contributed by atoms with Crippen molar-refractivity contribution < 1.29 is 5.11 Å². The van der Waals surface area contributed by atoms with Gasteiger partial charge in [-0.2, -0.15) is 0 Å². The van der Waals surface area contributed by atoms with Crippen molar-refractivity contribution in [3.63, 3.8) is 0 Å². The van der Waals surface area contributed by atoms with E-state index in [2.05, 4.69) is 43.3 Å². The Kier molecular flexibility index (Phi) is 3.39. The van der Waals surface area contributed by atoms with Crippen LogP contribution in [0, 0.1) is 6.92 Å². The standard InChI is InChI=1S/C18H20O/c1-13-6-2-3-7-14(13)11-17(19)12-16-10-15-8-4-5-9-18(15)16/h2-9,16-17,19H,10-12H2,1H3. The molecule has 1 N–H and O–H groups in total. The summed E-state index contributed by atoms with van der Waals surface area (Å²) in [7, 11) is 0. The summed E-state index contributed by atoms with van der Waals surface area (Å²) < 4.78 is 0. The molecule has 0 fully saturated rings. The van der Waals surface area contributed by atoms with E-state index in [1.54, 1.807) is 0 Å². The van der Waals surface area contributed by atoms with Gasteiger partial charge in [-0.05, 0) is 54.4 Å². The van der Waals surface area contributed by atoms with Crippen LogP contribution < -0.4 is 0 Å². The molecule has 1 nitrogen and oxygen atoms in total. The molecule has 0 aromatic heterocycles. The summed E-state index contributed by atoms with van der Waals surface area (Å²) in [6, 6.07) is 16.9. The van der Waals surface area contributed by atoms with E-state index in [9.17, 15) is 5.11 Å². The number of aliphatic hydroxyl groups is 1. The molecular formula is C18H20O. The molecule has 0 heterocycles. The minimum Gasteiger partial charge on any atom is -0.393 e. The molecule has 98 valence electrons. The summed E-state index contributed by atoms with van der Waals surface area (Å²) in [5, 5.41) is 10.3. The smallest absolute Gasteiger partial charge is 0.0586 e. The molecule has 0 saturated heterocycles. The predicted molar refractivity (Wildman–Crippen MR) is 78.4 cm³/mol. The molecule has 1 aliphatic carbocycles. The molecule has 2 aromatic rings. The summed E-state index contributed by atoms with van der Waals surface area (Å²) in [6.45, 7) is 2.11. The fourth-order valence-corrected chi connectivity index (χ4v) is 3.08. The Labute approximate surface area is 114 Å². The van der Waals surface area contributed by atoms with Crippen LogP contribution in [0.25, 0.3) is 0 Å². The van der Waals surface area contributed by atoms with Crippen LogP contribution >= 0.6 is 0 Å². The van der Waals surface area contributed by atoms with Gasteiger partial charge in [-0.25, -0.2) is 0 Å². The van der Waals surface area contributed by atoms with Crippen LogP contribution in [0.5, 0.6) is 0 Å². The van der Waals surface area contributed by atoms with E-state index in [0.717, 1.165) is 19.3 Å². The second-order valence-corrected chi connectivity index (χ2v) is 5.62. The Hall–Kier alpha value is -1.60. The lowest BCUT2D eigenvalue weighted by Gasteiger charge is -2.31. The van der Waals surface area contributed by atoms with Crippen molar-refractivity contribution >= 4 is 0 Å². The van der Waals surface area contributed by atoms with Gasteiger partial charge in [-0.3, -0.25) is 0 Å². The molecule has 0 saturated carbocycles. The molecule has 2 unspecified atom stereocenters. The predicted octanol–water partition coefficient (Wildman–Crippen LogP) is 3.63. The lowest BCUT2D eigenvalue weighted by molar-refractivity contribution is 0.151. The normalized spacial score (nSPS) is 18.5. The maximum atomic E-state index is 10.3. The highest BCUT2D eigenvalue weighted by atomic mass is 16.3. The molecule has 19 heavy (non-hydrogen) atoms. The third-order valence-corrected chi connectivity index (χ3v) is 4.23. The monoisotopic (exact) mass is 252 g/mol. The lowest BCUT2D eigenvalue weighted by Crippen LogP contribution is -2.23. The van der Waals surface area contributed by atoms with Gasteiger partial charge in [0.1, 0.15) is 0 Å². The van der Waals surface area contributed by atoms with Gasteiger partial charge in [0.2, 0.25) is 0 Å². The molecule has 0 bridgehead atoms. The van der Waals surface area contributed by atoms with Gasteiger partial charge in [0.15, 0.2) is 0 Å². The molecule has 0 spiro atoms. The number of rotatable bonds is 4. The first-order chi connectivity index (χ1) is 9.24. The minimum atomic E-state index is -0.237. The van der Waals surface area contributed by atoms with Crippen molar-refractivity contribution in [2.24, 2.45) is 0 Å². The highest BCUT2D eigenvalue weighted by Gasteiger charge is 2.27. The zero-order chi connectivity index (χ0) is 13.2. The first-order valence-corrected chi connectivity index (χ1v) is 7.04. The van der Waals surface area contributed by atoms with E-state index in [4.69, 9.17) is 0 Å². The van der Waals surface area contributed by atoms with Crippen LogP contribution in [-0.4, -0.2) is 11.2 Å². The summed E-state index contributed by atoms with van der Waals surface area (Å²) in [6.07, 6.45) is 2.54. The third-order valence-electron chi connectivity index (χ3n) is 4.23. The van der Waals surface area contributed by atoms with Gasteiger partial charge >= 0.3 is 0 Å². The maximum absolute atomic E-state index is 10.3. The fraction of sp³-hybridized carbons (Fsp3) is 0.333. The lowest BCUT2D eigenvalue weighted by atomic mass is 9.74. The van der Waals surface area contributed by atoms with Gasteiger partial charge in [-0.15, -0.1) is 0 Å². The molecule has 0 radical (unpaired) electrons. The Balaban J connectivity index is 1.62. The van der Waals surface area contributed by atoms with E-state index >= 15 is 0 Å². The maximum Gasteiger partial charge on any atom is 0.0586 e. The third kappa shape index (κ3) is 2.57. The number of benzene rings is 2. The Morgan fingerprint density at radius 3 is 2.63 bits per heavy atom. The van der Waals surface area contributed by atoms with E-state index in [0.29, 0.717) is 5.92 Å². The number of aryl methyl sites for hydroxylation is 1. The van der Waals surface area contributed by atoms with Gasteiger partial charge in [0, 0.05) is 0 Å². The van der Waals surface area contributed by atoms with Crippen molar-refractivity contribution in [1.29, 1.82) is 0 Å². The average Bonchev–Trinajstić information content (AvgIpc) is 2.39. The molecule has 0 aliphatic heterocycles. The molecule has 2 aromatic carbocycles. The molecule has 0 amide bonds. The van der Waals surface area contributed by atoms with Crippen molar-refractivity contribution in [1.82, 2.24) is 0 Å². The minimum absolute atomic E-state index is 0.237. The quantitative estimate of drug-likeness (QED) is 0.881. The largest absolute Gasteiger partial charge is 0.393 e. The van der Waals surface area contributed by atoms with Gasteiger partial charge in [0.05, 0.1) is 6.10 Å². The SMILES string of the molecule is Cc1ccccc1CC(O)CC1Cc2ccccc21. The van der Waals surface area contributed by atoms with E-state index < -0.39 is 0 Å². The summed E-state index contributed by atoms with van der Waals surface area (Å²) >= 11 is 0. The fourth-order valence-electron chi connectivity index (χ4n) is 3.08. The first-order valence-electron chi connectivity index (χ1n) is 7.04.